The van der Waals surface area contributed by atoms with E-state index in [-0.39, 0.29) is 11.8 Å². The Bertz CT molecular complexity index is 1350. The Morgan fingerprint density at radius 1 is 1.02 bits per heavy atom. The van der Waals surface area contributed by atoms with E-state index in [1.54, 1.807) is 13.3 Å². The van der Waals surface area contributed by atoms with E-state index < -0.39 is 0 Å². The van der Waals surface area contributed by atoms with Gasteiger partial charge in [0.15, 0.2) is 0 Å². The summed E-state index contributed by atoms with van der Waals surface area (Å²) in [6, 6.07) is 15.1. The third-order valence-electron chi connectivity index (χ3n) is 7.45. The third-order valence-corrected chi connectivity index (χ3v) is 8.66. The van der Waals surface area contributed by atoms with Crippen molar-refractivity contribution in [2.45, 2.75) is 46.1 Å². The van der Waals surface area contributed by atoms with Crippen LogP contribution in [0.4, 0.5) is 5.00 Å². The number of carbonyl (C=O) groups is 2. The number of anilines is 1. The Labute approximate surface area is 247 Å². The Morgan fingerprint density at radius 2 is 1.78 bits per heavy atom. The van der Waals surface area contributed by atoms with Crippen molar-refractivity contribution >= 4 is 34.4 Å². The quantitative estimate of drug-likeness (QED) is 0.210. The molecule has 2 aromatic carbocycles. The highest BCUT2D eigenvalue weighted by molar-refractivity contribution is 7.17. The van der Waals surface area contributed by atoms with Gasteiger partial charge in [0.2, 0.25) is 0 Å². The molecule has 1 aromatic heterocycles. The van der Waals surface area contributed by atoms with E-state index >= 15 is 0 Å². The number of nitrogens with zero attached hydrogens (tertiary/aromatic N) is 3. The third kappa shape index (κ3) is 8.25. The zero-order chi connectivity index (χ0) is 29.2. The summed E-state index contributed by atoms with van der Waals surface area (Å²) in [5.74, 6) is 0.226. The Hall–Kier alpha value is -3.53. The summed E-state index contributed by atoms with van der Waals surface area (Å²) in [6.07, 6.45) is 5.44. The summed E-state index contributed by atoms with van der Waals surface area (Å²) in [5.41, 5.74) is 6.72. The molecule has 9 heteroatoms. The van der Waals surface area contributed by atoms with Crippen LogP contribution in [0.15, 0.2) is 53.6 Å². The van der Waals surface area contributed by atoms with Crippen LogP contribution in [0, 0.1) is 0 Å². The Balaban J connectivity index is 1.45. The predicted molar refractivity (Wildman–Crippen MR) is 168 cm³/mol. The smallest absolute Gasteiger partial charge is 0.274 e. The van der Waals surface area contributed by atoms with Gasteiger partial charge in [-0.05, 0) is 98.9 Å². The molecule has 8 nitrogen and oxygen atoms in total. The van der Waals surface area contributed by atoms with Gasteiger partial charge < -0.3 is 19.9 Å². The first-order valence-electron chi connectivity index (χ1n) is 14.3. The second kappa shape index (κ2) is 14.9. The number of hydrogen-bond acceptors (Lipinski definition) is 7. The number of benzene rings is 2. The zero-order valence-electron chi connectivity index (χ0n) is 24.5. The molecule has 41 heavy (non-hydrogen) atoms. The van der Waals surface area contributed by atoms with Crippen molar-refractivity contribution in [3.05, 3.63) is 81.2 Å². The number of nitrogens with one attached hydrogen (secondary N) is 2. The van der Waals surface area contributed by atoms with Gasteiger partial charge in [0.1, 0.15) is 10.8 Å². The van der Waals surface area contributed by atoms with Gasteiger partial charge in [-0.25, -0.2) is 5.43 Å². The normalized spacial score (nSPS) is 13.0. The van der Waals surface area contributed by atoms with Gasteiger partial charge in [-0.3, -0.25) is 9.59 Å². The van der Waals surface area contributed by atoms with Crippen LogP contribution in [0.1, 0.15) is 69.0 Å². The molecule has 0 saturated carbocycles. The number of methoxy groups -OCH3 is 1. The number of aryl methyl sites for hydroxylation is 1. The Morgan fingerprint density at radius 3 is 2.51 bits per heavy atom. The highest BCUT2D eigenvalue weighted by Crippen LogP contribution is 2.38. The summed E-state index contributed by atoms with van der Waals surface area (Å²) in [6.45, 7) is 9.18. The van der Waals surface area contributed by atoms with E-state index in [2.05, 4.69) is 46.5 Å². The fourth-order valence-electron chi connectivity index (χ4n) is 5.03. The lowest BCUT2D eigenvalue weighted by molar-refractivity contribution is 0.0955. The molecule has 0 unspecified atom stereocenters. The second-order valence-corrected chi connectivity index (χ2v) is 11.4. The number of carbonyl (C=O) groups excluding carboxylic acids is 2. The minimum atomic E-state index is -0.312. The number of thiophene rings is 1. The number of fused-ring (bicyclic) bond motifs is 1. The summed E-state index contributed by atoms with van der Waals surface area (Å²) < 4.78 is 5.19. The monoisotopic (exact) mass is 575 g/mol. The molecule has 2 N–H and O–H groups in total. The van der Waals surface area contributed by atoms with Crippen LogP contribution >= 0.6 is 11.3 Å². The minimum absolute atomic E-state index is 0.216. The van der Waals surface area contributed by atoms with Crippen molar-refractivity contribution < 1.29 is 14.3 Å². The number of likely N-dealkylation sites (N-methyl/N-ethyl adjacent to an activating group) is 2. The van der Waals surface area contributed by atoms with E-state index in [9.17, 15) is 9.59 Å². The topological polar surface area (TPSA) is 86.3 Å². The largest absolute Gasteiger partial charge is 0.497 e. The lowest BCUT2D eigenvalue weighted by Gasteiger charge is -2.23. The molecule has 0 radical (unpaired) electrons. The van der Waals surface area contributed by atoms with Gasteiger partial charge in [0, 0.05) is 30.1 Å². The van der Waals surface area contributed by atoms with Gasteiger partial charge in [0.25, 0.3) is 11.8 Å². The molecule has 0 spiro atoms. The first-order valence-corrected chi connectivity index (χ1v) is 15.2. The van der Waals surface area contributed by atoms with Crippen molar-refractivity contribution in [2.24, 2.45) is 5.10 Å². The van der Waals surface area contributed by atoms with Gasteiger partial charge in [-0.15, -0.1) is 11.3 Å². The second-order valence-electron chi connectivity index (χ2n) is 10.3. The molecular formula is C32H41N5O3S. The van der Waals surface area contributed by atoms with E-state index in [1.807, 2.05) is 48.5 Å². The van der Waals surface area contributed by atoms with E-state index in [4.69, 9.17) is 4.74 Å². The first-order chi connectivity index (χ1) is 19.9. The number of hydrogen-bond donors (Lipinski definition) is 2. The van der Waals surface area contributed by atoms with Gasteiger partial charge >= 0.3 is 0 Å². The molecule has 218 valence electrons. The summed E-state index contributed by atoms with van der Waals surface area (Å²) >= 11 is 1.50. The first kappa shape index (κ1) is 30.4. The highest BCUT2D eigenvalue weighted by Gasteiger charge is 2.26. The summed E-state index contributed by atoms with van der Waals surface area (Å²) in [7, 11) is 3.72. The maximum atomic E-state index is 13.4. The van der Waals surface area contributed by atoms with Crippen LogP contribution in [0.5, 0.6) is 5.75 Å². The van der Waals surface area contributed by atoms with Crippen molar-refractivity contribution in [3.8, 4) is 5.75 Å². The molecule has 1 heterocycles. The Kier molecular flexibility index (Phi) is 11.1. The lowest BCUT2D eigenvalue weighted by Crippen LogP contribution is -2.32. The average molecular weight is 576 g/mol. The number of rotatable bonds is 13. The van der Waals surface area contributed by atoms with Gasteiger partial charge in [-0.1, -0.05) is 26.0 Å². The number of amides is 2. The predicted octanol–water partition coefficient (Wildman–Crippen LogP) is 5.43. The van der Waals surface area contributed by atoms with Crippen LogP contribution in [0.3, 0.4) is 0 Å². The molecule has 2 amide bonds. The maximum Gasteiger partial charge on any atom is 0.274 e. The fraction of sp³-hybridized carbons (Fsp3) is 0.406. The molecule has 0 aliphatic heterocycles. The van der Waals surface area contributed by atoms with Gasteiger partial charge in [0.05, 0.1) is 18.9 Å². The molecular weight excluding hydrogens is 534 g/mol. The SMILES string of the molecule is CCN(CC)CCN(C)Cc1cccc(C(=O)Nc2sc3c(c2C(=O)N/N=C/c2ccc(OC)cc2)CCCC3)c1. The van der Waals surface area contributed by atoms with E-state index in [0.29, 0.717) is 16.1 Å². The maximum absolute atomic E-state index is 13.4. The molecule has 0 saturated heterocycles. The van der Waals surface area contributed by atoms with Crippen molar-refractivity contribution in [2.75, 3.05) is 45.7 Å². The van der Waals surface area contributed by atoms with Crippen LogP contribution in [0.2, 0.25) is 0 Å². The van der Waals surface area contributed by atoms with E-state index in [0.717, 1.165) is 80.8 Å². The minimum Gasteiger partial charge on any atom is -0.497 e. The van der Waals surface area contributed by atoms with Gasteiger partial charge in [-0.2, -0.15) is 5.10 Å². The fourth-order valence-corrected chi connectivity index (χ4v) is 6.32. The number of ether oxygens (including phenoxy) is 1. The number of hydrazone groups is 1. The average Bonchev–Trinajstić information content (AvgIpc) is 3.36. The molecule has 0 bridgehead atoms. The standard InChI is InChI=1S/C32H41N5O3S/c1-5-37(6-2)19-18-36(3)22-24-10-9-11-25(20-24)30(38)34-32-29(27-12-7-8-13-28(27)41-32)31(39)35-33-21-23-14-16-26(40-4)17-15-23/h9-11,14-17,20-21H,5-8,12-13,18-19,22H2,1-4H3,(H,34,38)(H,35,39)/b33-21+. The van der Waals surface area contributed by atoms with Crippen LogP contribution in [0.25, 0.3) is 0 Å². The summed E-state index contributed by atoms with van der Waals surface area (Å²) in [5, 5.41) is 7.81. The van der Waals surface area contributed by atoms with Crippen molar-refractivity contribution in [1.29, 1.82) is 0 Å². The van der Waals surface area contributed by atoms with Crippen molar-refractivity contribution in [1.82, 2.24) is 15.2 Å². The molecule has 0 atom stereocenters. The molecule has 3 aromatic rings. The van der Waals surface area contributed by atoms with Crippen LogP contribution in [-0.4, -0.2) is 68.2 Å². The van der Waals surface area contributed by atoms with Crippen molar-refractivity contribution in [3.63, 3.8) is 0 Å². The summed E-state index contributed by atoms with van der Waals surface area (Å²) in [4.78, 5) is 32.6. The lowest BCUT2D eigenvalue weighted by atomic mass is 9.95. The zero-order valence-corrected chi connectivity index (χ0v) is 25.4. The highest BCUT2D eigenvalue weighted by atomic mass is 32.1. The van der Waals surface area contributed by atoms with E-state index in [1.165, 1.54) is 16.2 Å². The molecule has 1 aliphatic carbocycles. The van der Waals surface area contributed by atoms with Crippen LogP contribution in [-0.2, 0) is 19.4 Å². The molecule has 1 aliphatic rings. The molecule has 0 fully saturated rings. The molecule has 4 rings (SSSR count). The van der Waals surface area contributed by atoms with Crippen LogP contribution < -0.4 is 15.5 Å².